The standard InChI is InChI=1S/C11H12Cl2OS/c1-7(14)10(13)9-5-3-4-8(6-12)11(9)15-2/h3-5,10H,6H2,1-2H3. The second-order valence-corrected chi connectivity index (χ2v) is 4.67. The Labute approximate surface area is 104 Å². The molecule has 0 radical (unpaired) electrons. The Balaban J connectivity index is 3.22. The third-order valence-corrected chi connectivity index (χ3v) is 3.84. The van der Waals surface area contributed by atoms with Crippen molar-refractivity contribution >= 4 is 40.7 Å². The summed E-state index contributed by atoms with van der Waals surface area (Å²) in [7, 11) is 0. The third kappa shape index (κ3) is 2.90. The predicted molar refractivity (Wildman–Crippen MR) is 67.1 cm³/mol. The normalized spacial score (nSPS) is 12.5. The van der Waals surface area contributed by atoms with Crippen LogP contribution in [0.2, 0.25) is 0 Å². The van der Waals surface area contributed by atoms with Crippen LogP contribution < -0.4 is 0 Å². The molecule has 1 aromatic carbocycles. The van der Waals surface area contributed by atoms with Crippen LogP contribution >= 0.6 is 35.0 Å². The summed E-state index contributed by atoms with van der Waals surface area (Å²) in [6.45, 7) is 1.50. The van der Waals surface area contributed by atoms with Crippen molar-refractivity contribution in [2.45, 2.75) is 23.1 Å². The number of carbonyl (C=O) groups excluding carboxylic acids is 1. The summed E-state index contributed by atoms with van der Waals surface area (Å²) in [5.74, 6) is 0.393. The number of hydrogen-bond acceptors (Lipinski definition) is 2. The molecule has 1 nitrogen and oxygen atoms in total. The molecule has 1 aromatic rings. The number of Topliss-reactive ketones (excluding diaryl/α,β-unsaturated/α-hetero) is 1. The molecule has 1 atom stereocenters. The lowest BCUT2D eigenvalue weighted by atomic mass is 10.1. The van der Waals surface area contributed by atoms with Crippen molar-refractivity contribution in [3.05, 3.63) is 29.3 Å². The molecule has 0 aliphatic carbocycles. The lowest BCUT2D eigenvalue weighted by Crippen LogP contribution is -2.04. The molecule has 1 rings (SSSR count). The minimum Gasteiger partial charge on any atom is -0.298 e. The monoisotopic (exact) mass is 262 g/mol. The number of carbonyl (C=O) groups is 1. The number of thioether (sulfide) groups is 1. The molecule has 0 aliphatic heterocycles. The summed E-state index contributed by atoms with van der Waals surface area (Å²) >= 11 is 13.4. The zero-order chi connectivity index (χ0) is 11.4. The smallest absolute Gasteiger partial charge is 0.152 e. The summed E-state index contributed by atoms with van der Waals surface area (Å²) in [5, 5.41) is -0.574. The van der Waals surface area contributed by atoms with Gasteiger partial charge in [-0.1, -0.05) is 18.2 Å². The first kappa shape index (κ1) is 12.9. The molecule has 1 unspecified atom stereocenters. The highest BCUT2D eigenvalue weighted by atomic mass is 35.5. The van der Waals surface area contributed by atoms with Gasteiger partial charge in [0.1, 0.15) is 5.38 Å². The van der Waals surface area contributed by atoms with Gasteiger partial charge >= 0.3 is 0 Å². The summed E-state index contributed by atoms with van der Waals surface area (Å²) in [5.41, 5.74) is 1.88. The van der Waals surface area contributed by atoms with E-state index in [0.29, 0.717) is 5.88 Å². The lowest BCUT2D eigenvalue weighted by molar-refractivity contribution is -0.116. The molecule has 15 heavy (non-hydrogen) atoms. The first-order valence-electron chi connectivity index (χ1n) is 4.48. The second kappa shape index (κ2) is 5.78. The van der Waals surface area contributed by atoms with Gasteiger partial charge in [-0.05, 0) is 24.3 Å². The van der Waals surface area contributed by atoms with Gasteiger partial charge in [-0.25, -0.2) is 0 Å². The van der Waals surface area contributed by atoms with Gasteiger partial charge in [0.05, 0.1) is 0 Å². The average molecular weight is 263 g/mol. The number of ketones is 1. The molecule has 0 N–H and O–H groups in total. The van der Waals surface area contributed by atoms with E-state index in [4.69, 9.17) is 23.2 Å². The van der Waals surface area contributed by atoms with Crippen LogP contribution in [0, 0.1) is 0 Å². The number of alkyl halides is 2. The number of rotatable bonds is 4. The Morgan fingerprint density at radius 1 is 1.53 bits per heavy atom. The van der Waals surface area contributed by atoms with E-state index >= 15 is 0 Å². The Hall–Kier alpha value is -0.180. The molecule has 0 saturated heterocycles. The maximum atomic E-state index is 11.2. The fourth-order valence-electron chi connectivity index (χ4n) is 1.38. The van der Waals surface area contributed by atoms with Gasteiger partial charge in [-0.15, -0.1) is 35.0 Å². The van der Waals surface area contributed by atoms with Crippen molar-refractivity contribution in [1.29, 1.82) is 0 Å². The molecule has 0 amide bonds. The molecule has 0 bridgehead atoms. The molecular formula is C11H12Cl2OS. The van der Waals surface area contributed by atoms with Crippen LogP contribution in [0.4, 0.5) is 0 Å². The Morgan fingerprint density at radius 2 is 2.20 bits per heavy atom. The SMILES string of the molecule is CSc1c(CCl)cccc1C(Cl)C(C)=O. The lowest BCUT2D eigenvalue weighted by Gasteiger charge is -2.13. The fraction of sp³-hybridized carbons (Fsp3) is 0.364. The van der Waals surface area contributed by atoms with Crippen molar-refractivity contribution in [3.63, 3.8) is 0 Å². The van der Waals surface area contributed by atoms with Crippen molar-refractivity contribution < 1.29 is 4.79 Å². The topological polar surface area (TPSA) is 17.1 Å². The third-order valence-electron chi connectivity index (χ3n) is 2.11. The van der Waals surface area contributed by atoms with Gasteiger partial charge in [-0.2, -0.15) is 0 Å². The second-order valence-electron chi connectivity index (χ2n) is 3.15. The average Bonchev–Trinajstić information content (AvgIpc) is 2.26. The zero-order valence-corrected chi connectivity index (χ0v) is 10.9. The fourth-order valence-corrected chi connectivity index (χ4v) is 2.75. The Bertz CT molecular complexity index is 366. The van der Waals surface area contributed by atoms with E-state index in [-0.39, 0.29) is 5.78 Å². The molecule has 0 heterocycles. The van der Waals surface area contributed by atoms with Crippen LogP contribution in [0.15, 0.2) is 23.1 Å². The van der Waals surface area contributed by atoms with E-state index in [9.17, 15) is 4.79 Å². The maximum absolute atomic E-state index is 11.2. The number of hydrogen-bond donors (Lipinski definition) is 0. The summed E-state index contributed by atoms with van der Waals surface area (Å²) in [4.78, 5) is 12.3. The molecule has 0 saturated carbocycles. The zero-order valence-electron chi connectivity index (χ0n) is 8.59. The summed E-state index contributed by atoms with van der Waals surface area (Å²) < 4.78 is 0. The van der Waals surface area contributed by atoms with Gasteiger partial charge in [0.15, 0.2) is 5.78 Å². The highest BCUT2D eigenvalue weighted by Gasteiger charge is 2.18. The van der Waals surface area contributed by atoms with E-state index in [1.54, 1.807) is 11.8 Å². The number of benzene rings is 1. The maximum Gasteiger partial charge on any atom is 0.152 e. The Morgan fingerprint density at radius 3 is 2.67 bits per heavy atom. The van der Waals surface area contributed by atoms with Crippen LogP contribution in [-0.4, -0.2) is 12.0 Å². The van der Waals surface area contributed by atoms with Crippen LogP contribution in [0.5, 0.6) is 0 Å². The van der Waals surface area contributed by atoms with Gasteiger partial charge in [0.2, 0.25) is 0 Å². The molecular weight excluding hydrogens is 251 g/mol. The quantitative estimate of drug-likeness (QED) is 0.603. The van der Waals surface area contributed by atoms with Crippen LogP contribution in [0.3, 0.4) is 0 Å². The first-order chi connectivity index (χ1) is 7.11. The summed E-state index contributed by atoms with van der Waals surface area (Å²) in [6.07, 6.45) is 1.96. The van der Waals surface area contributed by atoms with Crippen LogP contribution in [0.25, 0.3) is 0 Å². The number of halogens is 2. The van der Waals surface area contributed by atoms with Crippen molar-refractivity contribution in [2.75, 3.05) is 6.26 Å². The van der Waals surface area contributed by atoms with E-state index in [1.807, 2.05) is 24.5 Å². The largest absolute Gasteiger partial charge is 0.298 e. The predicted octanol–water partition coefficient (Wildman–Crippen LogP) is 4.02. The van der Waals surface area contributed by atoms with E-state index < -0.39 is 5.38 Å². The summed E-state index contributed by atoms with van der Waals surface area (Å²) in [6, 6.07) is 5.71. The molecule has 4 heteroatoms. The minimum absolute atomic E-state index is 0.0429. The van der Waals surface area contributed by atoms with Crippen molar-refractivity contribution in [1.82, 2.24) is 0 Å². The molecule has 82 valence electrons. The molecule has 0 aromatic heterocycles. The van der Waals surface area contributed by atoms with E-state index in [1.165, 1.54) is 6.92 Å². The highest BCUT2D eigenvalue weighted by Crippen LogP contribution is 2.33. The van der Waals surface area contributed by atoms with Gasteiger partial charge in [-0.3, -0.25) is 4.79 Å². The molecule has 0 aliphatic rings. The van der Waals surface area contributed by atoms with Crippen molar-refractivity contribution in [2.24, 2.45) is 0 Å². The van der Waals surface area contributed by atoms with Crippen molar-refractivity contribution in [3.8, 4) is 0 Å². The van der Waals surface area contributed by atoms with Crippen LogP contribution in [-0.2, 0) is 10.7 Å². The Kier molecular flexibility index (Phi) is 4.97. The molecule has 0 spiro atoms. The molecule has 0 fully saturated rings. The van der Waals surface area contributed by atoms with Gasteiger partial charge in [0.25, 0.3) is 0 Å². The minimum atomic E-state index is -0.574. The van der Waals surface area contributed by atoms with Crippen LogP contribution in [0.1, 0.15) is 23.4 Å². The van der Waals surface area contributed by atoms with E-state index in [2.05, 4.69) is 0 Å². The van der Waals surface area contributed by atoms with Gasteiger partial charge < -0.3 is 0 Å². The van der Waals surface area contributed by atoms with E-state index in [0.717, 1.165) is 16.0 Å². The highest BCUT2D eigenvalue weighted by molar-refractivity contribution is 7.98. The van der Waals surface area contributed by atoms with Gasteiger partial charge in [0, 0.05) is 10.8 Å². The first-order valence-corrected chi connectivity index (χ1v) is 6.67.